The van der Waals surface area contributed by atoms with Crippen molar-refractivity contribution in [3.05, 3.63) is 11.6 Å². The number of hydrogen-bond donors (Lipinski definition) is 2. The van der Waals surface area contributed by atoms with Crippen LogP contribution in [0.25, 0.3) is 0 Å². The van der Waals surface area contributed by atoms with Crippen LogP contribution >= 0.6 is 0 Å². The van der Waals surface area contributed by atoms with Gasteiger partial charge in [-0.1, -0.05) is 25.8 Å². The highest BCUT2D eigenvalue weighted by Gasteiger charge is 2.25. The number of amides is 1. The van der Waals surface area contributed by atoms with Gasteiger partial charge in [-0.2, -0.15) is 0 Å². The zero-order chi connectivity index (χ0) is 12.0. The molecule has 0 radical (unpaired) electrons. The normalized spacial score (nSPS) is 26.6. The molecule has 3 nitrogen and oxygen atoms in total. The molecule has 0 aromatic rings. The Morgan fingerprint density at radius 1 is 1.44 bits per heavy atom. The van der Waals surface area contributed by atoms with Gasteiger partial charge >= 0.3 is 0 Å². The Balaban J connectivity index is 2.51. The summed E-state index contributed by atoms with van der Waals surface area (Å²) in [6, 6.07) is 0.159. The lowest BCUT2D eigenvalue weighted by Gasteiger charge is -2.30. The van der Waals surface area contributed by atoms with Crippen LogP contribution in [0.3, 0.4) is 0 Å². The Bertz CT molecular complexity index is 261. The molecule has 1 aliphatic carbocycles. The molecular weight excluding hydrogens is 202 g/mol. The molecule has 2 N–H and O–H groups in total. The molecule has 2 unspecified atom stereocenters. The Kier molecular flexibility index (Phi) is 5.53. The summed E-state index contributed by atoms with van der Waals surface area (Å²) < 4.78 is 0. The van der Waals surface area contributed by atoms with Crippen LogP contribution < -0.4 is 5.32 Å². The fourth-order valence-corrected chi connectivity index (χ4v) is 2.30. The minimum atomic E-state index is 0.0206. The summed E-state index contributed by atoms with van der Waals surface area (Å²) in [5, 5.41) is 12.3. The highest BCUT2D eigenvalue weighted by atomic mass is 16.3. The third-order valence-electron chi connectivity index (χ3n) is 3.33. The summed E-state index contributed by atoms with van der Waals surface area (Å²) in [7, 11) is 0. The predicted octanol–water partition coefficient (Wildman–Crippen LogP) is 2.01. The molecule has 0 saturated heterocycles. The monoisotopic (exact) mass is 225 g/mol. The third kappa shape index (κ3) is 3.63. The van der Waals surface area contributed by atoms with Crippen molar-refractivity contribution in [2.45, 2.75) is 52.0 Å². The summed E-state index contributed by atoms with van der Waals surface area (Å²) in [5.41, 5.74) is 0.782. The minimum absolute atomic E-state index is 0.0206. The zero-order valence-corrected chi connectivity index (χ0v) is 10.3. The van der Waals surface area contributed by atoms with E-state index in [1.54, 1.807) is 0 Å². The highest BCUT2D eigenvalue weighted by Crippen LogP contribution is 2.24. The van der Waals surface area contributed by atoms with Gasteiger partial charge in [-0.15, -0.1) is 0 Å². The molecule has 3 heteroatoms. The van der Waals surface area contributed by atoms with E-state index in [0.717, 1.165) is 31.3 Å². The fourth-order valence-electron chi connectivity index (χ4n) is 2.30. The van der Waals surface area contributed by atoms with Crippen LogP contribution in [-0.4, -0.2) is 23.7 Å². The predicted molar refractivity (Wildman–Crippen MR) is 65.0 cm³/mol. The van der Waals surface area contributed by atoms with Gasteiger partial charge in [0.05, 0.1) is 0 Å². The Morgan fingerprint density at radius 2 is 2.12 bits per heavy atom. The highest BCUT2D eigenvalue weighted by molar-refractivity contribution is 5.92. The van der Waals surface area contributed by atoms with Crippen molar-refractivity contribution >= 4 is 5.91 Å². The summed E-state index contributed by atoms with van der Waals surface area (Å²) in [6.45, 7) is 4.05. The number of carbonyl (C=O) groups is 1. The molecule has 1 saturated carbocycles. The van der Waals surface area contributed by atoms with Crippen molar-refractivity contribution in [1.82, 2.24) is 5.32 Å². The number of rotatable bonds is 4. The molecule has 2 atom stereocenters. The molecule has 0 spiro atoms. The average Bonchev–Trinajstić information content (AvgIpc) is 2.30. The number of carbonyl (C=O) groups excluding carboxylic acids is 1. The van der Waals surface area contributed by atoms with Crippen molar-refractivity contribution in [3.8, 4) is 0 Å². The van der Waals surface area contributed by atoms with Crippen molar-refractivity contribution in [3.63, 3.8) is 0 Å². The van der Waals surface area contributed by atoms with Crippen molar-refractivity contribution < 1.29 is 9.90 Å². The fraction of sp³-hybridized carbons (Fsp3) is 0.769. The van der Waals surface area contributed by atoms with Crippen LogP contribution in [0.1, 0.15) is 46.0 Å². The topological polar surface area (TPSA) is 49.3 Å². The molecule has 0 aliphatic heterocycles. The Labute approximate surface area is 97.9 Å². The SMILES string of the molecule is CC/C=C(/C)C(=O)NC1CCCCC1CO. The first-order chi connectivity index (χ1) is 7.69. The molecule has 0 bridgehead atoms. The quantitative estimate of drug-likeness (QED) is 0.719. The van der Waals surface area contributed by atoms with E-state index in [4.69, 9.17) is 0 Å². The van der Waals surface area contributed by atoms with E-state index in [1.165, 1.54) is 6.42 Å². The molecule has 1 amide bonds. The third-order valence-corrected chi connectivity index (χ3v) is 3.33. The lowest BCUT2D eigenvalue weighted by Crippen LogP contribution is -2.43. The second-order valence-electron chi connectivity index (χ2n) is 4.60. The molecule has 0 aromatic heterocycles. The average molecular weight is 225 g/mol. The minimum Gasteiger partial charge on any atom is -0.396 e. The molecule has 1 rings (SSSR count). The van der Waals surface area contributed by atoms with E-state index in [2.05, 4.69) is 5.32 Å². The molecule has 0 heterocycles. The van der Waals surface area contributed by atoms with Crippen molar-refractivity contribution in [2.24, 2.45) is 5.92 Å². The van der Waals surface area contributed by atoms with Crippen LogP contribution in [0.5, 0.6) is 0 Å². The van der Waals surface area contributed by atoms with Gasteiger partial charge in [-0.05, 0) is 26.2 Å². The van der Waals surface area contributed by atoms with Gasteiger partial charge in [0.15, 0.2) is 0 Å². The molecule has 0 aromatic carbocycles. The van der Waals surface area contributed by atoms with Crippen molar-refractivity contribution in [1.29, 1.82) is 0 Å². The second kappa shape index (κ2) is 6.69. The first-order valence-electron chi connectivity index (χ1n) is 6.27. The van der Waals surface area contributed by atoms with Gasteiger partial charge in [-0.25, -0.2) is 0 Å². The molecular formula is C13H23NO2. The first kappa shape index (κ1) is 13.2. The maximum absolute atomic E-state index is 11.8. The van der Waals surface area contributed by atoms with Gasteiger partial charge in [0.25, 0.3) is 0 Å². The zero-order valence-electron chi connectivity index (χ0n) is 10.3. The van der Waals surface area contributed by atoms with E-state index in [1.807, 2.05) is 19.9 Å². The Hall–Kier alpha value is -0.830. The van der Waals surface area contributed by atoms with Crippen LogP contribution in [0.2, 0.25) is 0 Å². The van der Waals surface area contributed by atoms with Gasteiger partial charge in [0, 0.05) is 24.1 Å². The van der Waals surface area contributed by atoms with Gasteiger partial charge in [0.1, 0.15) is 0 Å². The summed E-state index contributed by atoms with van der Waals surface area (Å²) in [4.78, 5) is 11.8. The van der Waals surface area contributed by atoms with Crippen LogP contribution in [-0.2, 0) is 4.79 Å². The lowest BCUT2D eigenvalue weighted by molar-refractivity contribution is -0.118. The van der Waals surface area contributed by atoms with E-state index in [-0.39, 0.29) is 24.5 Å². The smallest absolute Gasteiger partial charge is 0.246 e. The summed E-state index contributed by atoms with van der Waals surface area (Å²) in [5.74, 6) is 0.263. The molecule has 1 aliphatic rings. The number of nitrogens with one attached hydrogen (secondary N) is 1. The van der Waals surface area contributed by atoms with E-state index in [0.29, 0.717) is 0 Å². The Morgan fingerprint density at radius 3 is 2.75 bits per heavy atom. The summed E-state index contributed by atoms with van der Waals surface area (Å²) >= 11 is 0. The second-order valence-corrected chi connectivity index (χ2v) is 4.60. The van der Waals surface area contributed by atoms with Crippen molar-refractivity contribution in [2.75, 3.05) is 6.61 Å². The van der Waals surface area contributed by atoms with Crippen LogP contribution in [0.4, 0.5) is 0 Å². The molecule has 92 valence electrons. The van der Waals surface area contributed by atoms with E-state index < -0.39 is 0 Å². The largest absolute Gasteiger partial charge is 0.396 e. The number of allylic oxidation sites excluding steroid dienone is 1. The van der Waals surface area contributed by atoms with Crippen LogP contribution in [0, 0.1) is 5.92 Å². The molecule has 16 heavy (non-hydrogen) atoms. The lowest BCUT2D eigenvalue weighted by atomic mass is 9.85. The van der Waals surface area contributed by atoms with Gasteiger partial charge in [0.2, 0.25) is 5.91 Å². The van der Waals surface area contributed by atoms with Crippen LogP contribution in [0.15, 0.2) is 11.6 Å². The van der Waals surface area contributed by atoms with E-state index in [9.17, 15) is 9.90 Å². The standard InChI is InChI=1S/C13H23NO2/c1-3-6-10(2)13(16)14-12-8-5-4-7-11(12)9-15/h6,11-12,15H,3-5,7-9H2,1-2H3,(H,14,16)/b10-6-. The number of hydrogen-bond acceptors (Lipinski definition) is 2. The number of aliphatic hydroxyl groups excluding tert-OH is 1. The number of aliphatic hydroxyl groups is 1. The van der Waals surface area contributed by atoms with Gasteiger partial charge in [-0.3, -0.25) is 4.79 Å². The maximum atomic E-state index is 11.8. The first-order valence-corrected chi connectivity index (χ1v) is 6.27. The maximum Gasteiger partial charge on any atom is 0.246 e. The summed E-state index contributed by atoms with van der Waals surface area (Å²) in [6.07, 6.45) is 7.16. The molecule has 1 fully saturated rings. The van der Waals surface area contributed by atoms with E-state index >= 15 is 0 Å². The van der Waals surface area contributed by atoms with Gasteiger partial charge < -0.3 is 10.4 Å².